The van der Waals surface area contributed by atoms with Crippen molar-refractivity contribution in [3.05, 3.63) is 35.9 Å². The van der Waals surface area contributed by atoms with Crippen LogP contribution < -0.4 is 4.90 Å². The molecule has 2 aliphatic heterocycles. The first-order chi connectivity index (χ1) is 18.7. The van der Waals surface area contributed by atoms with Gasteiger partial charge in [0.1, 0.15) is 11.6 Å². The summed E-state index contributed by atoms with van der Waals surface area (Å²) in [5.41, 5.74) is 2.98. The smallest absolute Gasteiger partial charge is 0.239 e. The maximum Gasteiger partial charge on any atom is 0.239 e. The van der Waals surface area contributed by atoms with E-state index >= 15 is 0 Å². The average molecular weight is 533 g/mol. The van der Waals surface area contributed by atoms with Gasteiger partial charge in [-0.05, 0) is 64.8 Å². The zero-order valence-corrected chi connectivity index (χ0v) is 23.8. The molecule has 0 radical (unpaired) electrons. The monoisotopic (exact) mass is 532 g/mol. The number of hydrogen-bond donors (Lipinski definition) is 1. The molecule has 0 unspecified atom stereocenters. The summed E-state index contributed by atoms with van der Waals surface area (Å²) in [5, 5.41) is 10.5. The summed E-state index contributed by atoms with van der Waals surface area (Å²) in [6.45, 7) is 12.9. The molecule has 5 heterocycles. The Morgan fingerprint density at radius 3 is 2.51 bits per heavy atom. The molecule has 2 fully saturated rings. The number of para-hydroxylation sites is 2. The molecule has 0 spiro atoms. The normalized spacial score (nSPS) is 19.9. The number of nitrogens with zero attached hydrogens (tertiary/aromatic N) is 8. The second-order valence-electron chi connectivity index (χ2n) is 11.6. The van der Waals surface area contributed by atoms with Gasteiger partial charge >= 0.3 is 0 Å². The molecule has 10 heteroatoms. The summed E-state index contributed by atoms with van der Waals surface area (Å²) >= 11 is 0. The van der Waals surface area contributed by atoms with Gasteiger partial charge in [-0.1, -0.05) is 19.1 Å². The molecule has 0 amide bonds. The van der Waals surface area contributed by atoms with E-state index in [2.05, 4.69) is 45.9 Å². The van der Waals surface area contributed by atoms with E-state index in [1.807, 2.05) is 32.0 Å². The molecule has 2 saturated heterocycles. The molecule has 3 aromatic heterocycles. The molecule has 10 nitrogen and oxygen atoms in total. The molecule has 39 heavy (non-hydrogen) atoms. The van der Waals surface area contributed by atoms with Crippen molar-refractivity contribution in [2.24, 2.45) is 13.0 Å². The largest absolute Gasteiger partial charge is 0.390 e. The van der Waals surface area contributed by atoms with Gasteiger partial charge in [-0.25, -0.2) is 9.97 Å². The lowest BCUT2D eigenvalue weighted by Crippen LogP contribution is -2.44. The third-order valence-corrected chi connectivity index (χ3v) is 8.52. The number of fused-ring (bicyclic) bond motifs is 2. The second kappa shape index (κ2) is 10.1. The van der Waals surface area contributed by atoms with Crippen molar-refractivity contribution in [1.29, 1.82) is 0 Å². The first-order valence-corrected chi connectivity index (χ1v) is 14.2. The summed E-state index contributed by atoms with van der Waals surface area (Å²) < 4.78 is 9.98. The van der Waals surface area contributed by atoms with E-state index in [0.29, 0.717) is 25.1 Å². The second-order valence-corrected chi connectivity index (χ2v) is 11.6. The number of imidazole rings is 2. The highest BCUT2D eigenvalue weighted by molar-refractivity contribution is 5.86. The number of aromatic nitrogens is 6. The minimum absolute atomic E-state index is 0.182. The van der Waals surface area contributed by atoms with Crippen LogP contribution in [0.4, 0.5) is 5.82 Å². The Morgan fingerprint density at radius 2 is 1.79 bits per heavy atom. The number of morpholine rings is 1. The Kier molecular flexibility index (Phi) is 6.81. The van der Waals surface area contributed by atoms with Crippen LogP contribution in [0.1, 0.15) is 52.2 Å². The van der Waals surface area contributed by atoms with Crippen LogP contribution in [-0.2, 0) is 24.8 Å². The fourth-order valence-corrected chi connectivity index (χ4v) is 6.10. The number of rotatable bonds is 6. The van der Waals surface area contributed by atoms with Crippen LogP contribution in [0.5, 0.6) is 0 Å². The number of aliphatic hydroxyl groups is 1. The molecule has 6 rings (SSSR count). The highest BCUT2D eigenvalue weighted by atomic mass is 16.5. The Morgan fingerprint density at radius 1 is 1.03 bits per heavy atom. The number of benzene rings is 1. The topological polar surface area (TPSA) is 97.4 Å². The lowest BCUT2D eigenvalue weighted by Gasteiger charge is -2.37. The molecule has 1 aromatic carbocycles. The quantitative estimate of drug-likeness (QED) is 0.403. The molecule has 208 valence electrons. The first kappa shape index (κ1) is 26.2. The van der Waals surface area contributed by atoms with Crippen LogP contribution in [0, 0.1) is 5.92 Å². The van der Waals surface area contributed by atoms with Gasteiger partial charge in [0.05, 0.1) is 42.4 Å². The van der Waals surface area contributed by atoms with E-state index in [1.54, 1.807) is 0 Å². The van der Waals surface area contributed by atoms with Crippen molar-refractivity contribution in [3.63, 3.8) is 0 Å². The minimum atomic E-state index is -0.630. The van der Waals surface area contributed by atoms with Gasteiger partial charge in [-0.15, -0.1) is 0 Å². The molecular weight excluding hydrogens is 492 g/mol. The van der Waals surface area contributed by atoms with Gasteiger partial charge in [-0.2, -0.15) is 9.97 Å². The van der Waals surface area contributed by atoms with E-state index in [-0.39, 0.29) is 6.04 Å². The predicted molar refractivity (Wildman–Crippen MR) is 152 cm³/mol. The van der Waals surface area contributed by atoms with E-state index in [4.69, 9.17) is 24.7 Å². The summed E-state index contributed by atoms with van der Waals surface area (Å²) in [4.78, 5) is 25.1. The van der Waals surface area contributed by atoms with Crippen LogP contribution in [0.2, 0.25) is 0 Å². The third-order valence-electron chi connectivity index (χ3n) is 8.52. The van der Waals surface area contributed by atoms with Crippen LogP contribution >= 0.6 is 0 Å². The Labute approximate surface area is 229 Å². The van der Waals surface area contributed by atoms with Crippen LogP contribution in [0.15, 0.2) is 24.3 Å². The number of anilines is 1. The zero-order chi connectivity index (χ0) is 27.3. The maximum absolute atomic E-state index is 10.5. The first-order valence-electron chi connectivity index (χ1n) is 14.2. The lowest BCUT2D eigenvalue weighted by molar-refractivity contribution is -0.0139. The summed E-state index contributed by atoms with van der Waals surface area (Å²) in [5.74, 6) is 3.73. The van der Waals surface area contributed by atoms with E-state index in [0.717, 1.165) is 85.1 Å². The van der Waals surface area contributed by atoms with Crippen LogP contribution in [-0.4, -0.2) is 83.6 Å². The number of hydrogen-bond acceptors (Lipinski definition) is 8. The van der Waals surface area contributed by atoms with Crippen molar-refractivity contribution in [2.45, 2.75) is 65.1 Å². The molecule has 0 saturated carbocycles. The number of likely N-dealkylation sites (tertiary alicyclic amines) is 1. The van der Waals surface area contributed by atoms with Gasteiger partial charge < -0.3 is 19.3 Å². The Bertz CT molecular complexity index is 1480. The van der Waals surface area contributed by atoms with Gasteiger partial charge in [-0.3, -0.25) is 9.47 Å². The highest BCUT2D eigenvalue weighted by Crippen LogP contribution is 2.31. The summed E-state index contributed by atoms with van der Waals surface area (Å²) in [6, 6.07) is 8.35. The lowest BCUT2D eigenvalue weighted by atomic mass is 9.83. The predicted octanol–water partition coefficient (Wildman–Crippen LogP) is 3.47. The van der Waals surface area contributed by atoms with Gasteiger partial charge in [0.2, 0.25) is 5.95 Å². The molecule has 0 bridgehead atoms. The average Bonchev–Trinajstić information content (AvgIpc) is 3.46. The van der Waals surface area contributed by atoms with E-state index in [1.165, 1.54) is 0 Å². The zero-order valence-electron chi connectivity index (χ0n) is 23.8. The van der Waals surface area contributed by atoms with Gasteiger partial charge in [0.25, 0.3) is 0 Å². The molecule has 1 atom stereocenters. The van der Waals surface area contributed by atoms with E-state index < -0.39 is 5.60 Å². The molecule has 0 aliphatic carbocycles. The molecule has 4 aromatic rings. The van der Waals surface area contributed by atoms with Crippen molar-refractivity contribution >= 4 is 28.0 Å². The van der Waals surface area contributed by atoms with Crippen LogP contribution in [0.3, 0.4) is 0 Å². The Hall–Kier alpha value is -3.08. The maximum atomic E-state index is 10.5. The fraction of sp³-hybridized carbons (Fsp3) is 0.586. The summed E-state index contributed by atoms with van der Waals surface area (Å²) in [6.07, 6.45) is 2.75. The van der Waals surface area contributed by atoms with Crippen molar-refractivity contribution in [1.82, 2.24) is 34.0 Å². The van der Waals surface area contributed by atoms with Crippen molar-refractivity contribution < 1.29 is 9.84 Å². The minimum Gasteiger partial charge on any atom is -0.390 e. The molecular formula is C29H40N8O2. The fourth-order valence-electron chi connectivity index (χ4n) is 6.10. The number of aryl methyl sites for hydroxylation is 2. The SMILES string of the molecule is CCc1nc2ccccc2n1-c1nc(N2CCOC[C@H]2C)c2nc(CN3CCC(C(C)(C)O)CC3)n(C)c2n1. The van der Waals surface area contributed by atoms with Gasteiger partial charge in [0.15, 0.2) is 17.0 Å². The van der Waals surface area contributed by atoms with E-state index in [9.17, 15) is 5.11 Å². The summed E-state index contributed by atoms with van der Waals surface area (Å²) in [7, 11) is 2.06. The third kappa shape index (κ3) is 4.79. The molecule has 2 aliphatic rings. The highest BCUT2D eigenvalue weighted by Gasteiger charge is 2.32. The van der Waals surface area contributed by atoms with Crippen molar-refractivity contribution in [3.8, 4) is 5.95 Å². The number of ether oxygens (including phenoxy) is 1. The Balaban J connectivity index is 1.44. The van der Waals surface area contributed by atoms with Gasteiger partial charge in [0, 0.05) is 20.0 Å². The standard InChI is InChI=1S/C29H40N8O2/c1-6-23-30-21-9-7-8-10-22(21)37(23)28-32-26-25(27(33-28)36-15-16-39-18-19(36)2)31-24(34(26)5)17-35-13-11-20(12-14-35)29(3,4)38/h7-10,19-20,38H,6,11-18H2,1-5H3/t19-/m1/s1. The molecule has 1 N–H and O–H groups in total. The van der Waals surface area contributed by atoms with Crippen molar-refractivity contribution in [2.75, 3.05) is 37.7 Å². The van der Waals surface area contributed by atoms with Crippen LogP contribution in [0.25, 0.3) is 28.1 Å². The number of piperidine rings is 1.